The van der Waals surface area contributed by atoms with Crippen LogP contribution in [0.2, 0.25) is 0 Å². The number of ether oxygens (including phenoxy) is 2. The summed E-state index contributed by atoms with van der Waals surface area (Å²) in [6, 6.07) is 7.39. The monoisotopic (exact) mass is 292 g/mol. The molecule has 1 aliphatic rings. The highest BCUT2D eigenvalue weighted by Gasteiger charge is 2.30. The Morgan fingerprint density at radius 2 is 2.19 bits per heavy atom. The Morgan fingerprint density at radius 3 is 2.90 bits per heavy atom. The number of amides is 1. The van der Waals surface area contributed by atoms with E-state index in [1.807, 2.05) is 23.1 Å². The number of carbonyl (C=O) groups excluding carboxylic acids is 1. The molecule has 0 saturated carbocycles. The molecular formula is C16H24N2O3. The number of piperidine rings is 1. The van der Waals surface area contributed by atoms with Gasteiger partial charge in [-0.25, -0.2) is 0 Å². The minimum atomic E-state index is -0.000167. The van der Waals surface area contributed by atoms with Gasteiger partial charge < -0.3 is 20.1 Å². The van der Waals surface area contributed by atoms with Crippen LogP contribution >= 0.6 is 0 Å². The summed E-state index contributed by atoms with van der Waals surface area (Å²) in [6.07, 6.45) is 2.16. The Balaban J connectivity index is 1.94. The first-order valence-corrected chi connectivity index (χ1v) is 7.42. The highest BCUT2D eigenvalue weighted by atomic mass is 16.5. The maximum atomic E-state index is 12.4. The fourth-order valence-corrected chi connectivity index (χ4v) is 2.84. The van der Waals surface area contributed by atoms with Crippen LogP contribution in [0.15, 0.2) is 24.3 Å². The van der Waals surface area contributed by atoms with Crippen molar-refractivity contribution in [2.45, 2.75) is 25.8 Å². The molecule has 5 nitrogen and oxygen atoms in total. The topological polar surface area (TPSA) is 64.8 Å². The van der Waals surface area contributed by atoms with Crippen LogP contribution in [0.4, 0.5) is 0 Å². The van der Waals surface area contributed by atoms with Crippen molar-refractivity contribution in [1.29, 1.82) is 0 Å². The van der Waals surface area contributed by atoms with Crippen molar-refractivity contribution in [3.05, 3.63) is 24.3 Å². The number of carbonyl (C=O) groups is 1. The fourth-order valence-electron chi connectivity index (χ4n) is 2.84. The van der Waals surface area contributed by atoms with Crippen molar-refractivity contribution in [2.75, 3.05) is 26.8 Å². The van der Waals surface area contributed by atoms with Gasteiger partial charge in [0.05, 0.1) is 7.11 Å². The summed E-state index contributed by atoms with van der Waals surface area (Å²) in [6.45, 7) is 3.47. The molecule has 2 atom stereocenters. The molecule has 1 heterocycles. The number of nitrogens with zero attached hydrogens (tertiary/aromatic N) is 1. The van der Waals surface area contributed by atoms with Crippen molar-refractivity contribution in [3.8, 4) is 11.5 Å². The van der Waals surface area contributed by atoms with Gasteiger partial charge in [-0.1, -0.05) is 13.0 Å². The summed E-state index contributed by atoms with van der Waals surface area (Å²) in [7, 11) is 1.60. The lowest BCUT2D eigenvalue weighted by Gasteiger charge is -2.39. The smallest absolute Gasteiger partial charge is 0.260 e. The van der Waals surface area contributed by atoms with E-state index in [0.717, 1.165) is 19.4 Å². The van der Waals surface area contributed by atoms with Crippen LogP contribution in [0.3, 0.4) is 0 Å². The number of nitrogens with two attached hydrogens (primary N) is 1. The molecule has 2 rings (SSSR count). The van der Waals surface area contributed by atoms with Crippen LogP contribution in [-0.4, -0.2) is 43.7 Å². The zero-order valence-corrected chi connectivity index (χ0v) is 12.7. The second-order valence-corrected chi connectivity index (χ2v) is 5.48. The lowest BCUT2D eigenvalue weighted by Crippen LogP contribution is -2.52. The van der Waals surface area contributed by atoms with Crippen LogP contribution in [0, 0.1) is 5.92 Å². The van der Waals surface area contributed by atoms with E-state index in [4.69, 9.17) is 15.2 Å². The maximum Gasteiger partial charge on any atom is 0.260 e. The first-order valence-electron chi connectivity index (χ1n) is 7.42. The number of benzene rings is 1. The van der Waals surface area contributed by atoms with Gasteiger partial charge in [0, 0.05) is 25.2 Å². The molecule has 0 aliphatic carbocycles. The molecule has 0 bridgehead atoms. The summed E-state index contributed by atoms with van der Waals surface area (Å²) in [4.78, 5) is 14.2. The SMILES string of the molecule is COc1cccc(OCC(=O)N2CCC[C@@H](C)[C@@H]2CN)c1. The molecule has 0 aromatic heterocycles. The van der Waals surface area contributed by atoms with Crippen molar-refractivity contribution in [1.82, 2.24) is 4.90 Å². The molecule has 5 heteroatoms. The Bertz CT molecular complexity index is 478. The average Bonchev–Trinajstić information content (AvgIpc) is 2.52. The molecule has 0 radical (unpaired) electrons. The lowest BCUT2D eigenvalue weighted by molar-refractivity contribution is -0.138. The number of hydrogen-bond donors (Lipinski definition) is 1. The predicted octanol–water partition coefficient (Wildman–Crippen LogP) is 1.66. The normalized spacial score (nSPS) is 22.0. The van der Waals surface area contributed by atoms with E-state index in [9.17, 15) is 4.79 Å². The maximum absolute atomic E-state index is 12.4. The van der Waals surface area contributed by atoms with Gasteiger partial charge in [0.1, 0.15) is 11.5 Å². The molecule has 1 aromatic carbocycles. The van der Waals surface area contributed by atoms with Crippen molar-refractivity contribution in [3.63, 3.8) is 0 Å². The molecule has 2 N–H and O–H groups in total. The average molecular weight is 292 g/mol. The molecule has 1 fully saturated rings. The van der Waals surface area contributed by atoms with Gasteiger partial charge in [0.2, 0.25) is 0 Å². The third kappa shape index (κ3) is 3.88. The third-order valence-electron chi connectivity index (χ3n) is 4.08. The van der Waals surface area contributed by atoms with Gasteiger partial charge in [0.25, 0.3) is 5.91 Å². The molecule has 0 spiro atoms. The summed E-state index contributed by atoms with van der Waals surface area (Å²) >= 11 is 0. The Labute approximate surface area is 126 Å². The quantitative estimate of drug-likeness (QED) is 0.896. The van der Waals surface area contributed by atoms with Crippen LogP contribution in [0.5, 0.6) is 11.5 Å². The minimum absolute atomic E-state index is 0.000167. The van der Waals surface area contributed by atoms with E-state index in [1.165, 1.54) is 0 Å². The van der Waals surface area contributed by atoms with Crippen LogP contribution in [-0.2, 0) is 4.79 Å². The second kappa shape index (κ2) is 7.31. The van der Waals surface area contributed by atoms with E-state index in [-0.39, 0.29) is 18.6 Å². The van der Waals surface area contributed by atoms with E-state index in [2.05, 4.69) is 6.92 Å². The third-order valence-corrected chi connectivity index (χ3v) is 4.08. The summed E-state index contributed by atoms with van der Waals surface area (Å²) in [5, 5.41) is 0. The molecule has 0 unspecified atom stereocenters. The van der Waals surface area contributed by atoms with E-state index < -0.39 is 0 Å². The lowest BCUT2D eigenvalue weighted by atomic mass is 9.91. The first kappa shape index (κ1) is 15.6. The van der Waals surface area contributed by atoms with Gasteiger partial charge in [0.15, 0.2) is 6.61 Å². The second-order valence-electron chi connectivity index (χ2n) is 5.48. The Hall–Kier alpha value is -1.75. The van der Waals surface area contributed by atoms with Gasteiger partial charge >= 0.3 is 0 Å². The highest BCUT2D eigenvalue weighted by molar-refractivity contribution is 5.78. The Kier molecular flexibility index (Phi) is 5.44. The number of methoxy groups -OCH3 is 1. The molecule has 1 amide bonds. The van der Waals surface area contributed by atoms with Crippen molar-refractivity contribution >= 4 is 5.91 Å². The van der Waals surface area contributed by atoms with E-state index in [0.29, 0.717) is 24.0 Å². The largest absolute Gasteiger partial charge is 0.497 e. The zero-order chi connectivity index (χ0) is 15.2. The van der Waals surface area contributed by atoms with Crippen LogP contribution in [0.1, 0.15) is 19.8 Å². The van der Waals surface area contributed by atoms with Gasteiger partial charge in [-0.15, -0.1) is 0 Å². The van der Waals surface area contributed by atoms with Crippen LogP contribution in [0.25, 0.3) is 0 Å². The predicted molar refractivity (Wildman–Crippen MR) is 81.4 cm³/mol. The molecule has 1 aromatic rings. The van der Waals surface area contributed by atoms with Gasteiger partial charge in [-0.05, 0) is 30.9 Å². The number of hydrogen-bond acceptors (Lipinski definition) is 4. The standard InChI is InChI=1S/C16H24N2O3/c1-12-5-4-8-18(15(12)10-17)16(19)11-21-14-7-3-6-13(9-14)20-2/h3,6-7,9,12,15H,4-5,8,10-11,17H2,1-2H3/t12-,15+/m1/s1. The van der Waals surface area contributed by atoms with Crippen molar-refractivity contribution < 1.29 is 14.3 Å². The zero-order valence-electron chi connectivity index (χ0n) is 12.7. The fraction of sp³-hybridized carbons (Fsp3) is 0.562. The number of rotatable bonds is 5. The van der Waals surface area contributed by atoms with Crippen molar-refractivity contribution in [2.24, 2.45) is 11.7 Å². The number of likely N-dealkylation sites (tertiary alicyclic amines) is 1. The molecule has 1 saturated heterocycles. The minimum Gasteiger partial charge on any atom is -0.497 e. The Morgan fingerprint density at radius 1 is 1.43 bits per heavy atom. The first-order chi connectivity index (χ1) is 10.2. The van der Waals surface area contributed by atoms with E-state index in [1.54, 1.807) is 13.2 Å². The van der Waals surface area contributed by atoms with Gasteiger partial charge in [-0.3, -0.25) is 4.79 Å². The summed E-state index contributed by atoms with van der Waals surface area (Å²) < 4.78 is 10.7. The molecule has 1 aliphatic heterocycles. The highest BCUT2D eigenvalue weighted by Crippen LogP contribution is 2.23. The summed E-state index contributed by atoms with van der Waals surface area (Å²) in [5.41, 5.74) is 5.82. The molecule has 21 heavy (non-hydrogen) atoms. The molecular weight excluding hydrogens is 268 g/mol. The summed E-state index contributed by atoms with van der Waals surface area (Å²) in [5.74, 6) is 1.80. The molecule has 116 valence electrons. The van der Waals surface area contributed by atoms with E-state index >= 15 is 0 Å². The van der Waals surface area contributed by atoms with Gasteiger partial charge in [-0.2, -0.15) is 0 Å². The van der Waals surface area contributed by atoms with Crippen LogP contribution < -0.4 is 15.2 Å².